The quantitative estimate of drug-likeness (QED) is 0.737. The molecule has 1 aromatic heterocycles. The second kappa shape index (κ2) is 3.79. The Morgan fingerprint density at radius 2 is 2.36 bits per heavy atom. The predicted octanol–water partition coefficient (Wildman–Crippen LogP) is 0.450. The number of hydrogen-bond acceptors (Lipinski definition) is 4. The maximum absolute atomic E-state index is 11.6. The van der Waals surface area contributed by atoms with Gasteiger partial charge in [-0.25, -0.2) is 0 Å². The number of amides is 1. The van der Waals surface area contributed by atoms with Gasteiger partial charge in [-0.3, -0.25) is 4.79 Å². The van der Waals surface area contributed by atoms with Gasteiger partial charge < -0.3 is 15.6 Å². The van der Waals surface area contributed by atoms with E-state index < -0.39 is 5.54 Å². The summed E-state index contributed by atoms with van der Waals surface area (Å²) >= 11 is 0. The van der Waals surface area contributed by atoms with Crippen LogP contribution in [0.5, 0.6) is 0 Å². The molecule has 0 saturated carbocycles. The summed E-state index contributed by atoms with van der Waals surface area (Å²) in [5.74, 6) is -0.0398. The molecule has 1 rings (SSSR count). The van der Waals surface area contributed by atoms with Crippen LogP contribution in [0.3, 0.4) is 0 Å². The van der Waals surface area contributed by atoms with Crippen LogP contribution in [0.2, 0.25) is 0 Å². The van der Waals surface area contributed by atoms with E-state index in [1.54, 1.807) is 6.92 Å². The van der Waals surface area contributed by atoms with Crippen molar-refractivity contribution in [3.05, 3.63) is 17.5 Å². The molecule has 78 valence electrons. The average molecular weight is 197 g/mol. The summed E-state index contributed by atoms with van der Waals surface area (Å²) < 4.78 is 4.81. The number of carbonyl (C=O) groups excluding carboxylic acids is 1. The molecule has 0 aliphatic carbocycles. The first kappa shape index (κ1) is 10.7. The Morgan fingerprint density at radius 1 is 1.71 bits per heavy atom. The van der Waals surface area contributed by atoms with Gasteiger partial charge >= 0.3 is 0 Å². The van der Waals surface area contributed by atoms with Crippen molar-refractivity contribution in [1.82, 2.24) is 10.5 Å². The first-order chi connectivity index (χ1) is 6.46. The summed E-state index contributed by atoms with van der Waals surface area (Å²) in [6.07, 6.45) is 1.50. The zero-order valence-electron chi connectivity index (χ0n) is 8.63. The lowest BCUT2D eigenvalue weighted by molar-refractivity contribution is 0.0877. The Balaban J connectivity index is 2.73. The molecule has 0 aliphatic heterocycles. The number of nitrogens with two attached hydrogens (primary N) is 1. The van der Waals surface area contributed by atoms with Gasteiger partial charge in [-0.2, -0.15) is 0 Å². The molecule has 0 aromatic carbocycles. The van der Waals surface area contributed by atoms with Crippen LogP contribution in [0, 0.1) is 6.92 Å². The molecule has 0 radical (unpaired) electrons. The van der Waals surface area contributed by atoms with E-state index in [4.69, 9.17) is 10.3 Å². The number of nitrogens with one attached hydrogen (secondary N) is 1. The fraction of sp³-hybridized carbons (Fsp3) is 0.556. The second-order valence-corrected chi connectivity index (χ2v) is 3.88. The molecule has 0 unspecified atom stereocenters. The zero-order chi connectivity index (χ0) is 10.8. The lowest BCUT2D eigenvalue weighted by atomic mass is 10.1. The summed E-state index contributed by atoms with van der Waals surface area (Å²) in [6, 6.07) is 0. The number of nitrogens with zero attached hydrogens (tertiary/aromatic N) is 1. The van der Waals surface area contributed by atoms with Crippen molar-refractivity contribution in [2.45, 2.75) is 26.3 Å². The van der Waals surface area contributed by atoms with Crippen LogP contribution in [0.1, 0.15) is 30.0 Å². The smallest absolute Gasteiger partial charge is 0.290 e. The molecule has 3 N–H and O–H groups in total. The third kappa shape index (κ3) is 2.32. The van der Waals surface area contributed by atoms with E-state index in [0.29, 0.717) is 6.54 Å². The fourth-order valence-corrected chi connectivity index (χ4v) is 0.924. The van der Waals surface area contributed by atoms with E-state index in [-0.39, 0.29) is 11.7 Å². The van der Waals surface area contributed by atoms with Crippen molar-refractivity contribution >= 4 is 5.91 Å². The summed E-state index contributed by atoms with van der Waals surface area (Å²) in [6.45, 7) is 5.82. The third-order valence-corrected chi connectivity index (χ3v) is 1.92. The highest BCUT2D eigenvalue weighted by atomic mass is 16.5. The van der Waals surface area contributed by atoms with Crippen molar-refractivity contribution in [3.63, 3.8) is 0 Å². The molecule has 0 aliphatic rings. The van der Waals surface area contributed by atoms with Gasteiger partial charge in [-0.1, -0.05) is 5.16 Å². The number of aromatic nitrogens is 1. The zero-order valence-corrected chi connectivity index (χ0v) is 8.63. The Kier molecular flexibility index (Phi) is 2.90. The minimum atomic E-state index is -0.434. The van der Waals surface area contributed by atoms with Crippen LogP contribution in [-0.4, -0.2) is 23.1 Å². The highest BCUT2D eigenvalue weighted by Gasteiger charge is 2.22. The molecule has 1 aromatic rings. The van der Waals surface area contributed by atoms with Crippen LogP contribution in [0.25, 0.3) is 0 Å². The Morgan fingerprint density at radius 3 is 2.79 bits per heavy atom. The maximum Gasteiger partial charge on any atom is 0.290 e. The topological polar surface area (TPSA) is 81.2 Å². The van der Waals surface area contributed by atoms with Gasteiger partial charge in [0.2, 0.25) is 5.76 Å². The van der Waals surface area contributed by atoms with E-state index >= 15 is 0 Å². The molecule has 1 amide bonds. The summed E-state index contributed by atoms with van der Waals surface area (Å²) in [4.78, 5) is 11.6. The van der Waals surface area contributed by atoms with E-state index in [1.165, 1.54) is 6.20 Å². The van der Waals surface area contributed by atoms with Gasteiger partial charge in [0.15, 0.2) is 0 Å². The normalized spacial score (nSPS) is 11.4. The Labute approximate surface area is 82.6 Å². The fourth-order valence-electron chi connectivity index (χ4n) is 0.924. The molecular formula is C9H15N3O2. The van der Waals surface area contributed by atoms with Crippen LogP contribution < -0.4 is 11.1 Å². The van der Waals surface area contributed by atoms with Crippen LogP contribution >= 0.6 is 0 Å². The molecule has 0 bridgehead atoms. The molecule has 14 heavy (non-hydrogen) atoms. The standard InChI is InChI=1S/C9H15N3O2/c1-6-4-11-14-7(6)8(13)12-9(2,3)5-10/h4H,5,10H2,1-3H3,(H,12,13). The molecule has 0 fully saturated rings. The number of rotatable bonds is 3. The van der Waals surface area contributed by atoms with Crippen LogP contribution in [0.4, 0.5) is 0 Å². The third-order valence-electron chi connectivity index (χ3n) is 1.92. The molecule has 0 atom stereocenters. The minimum absolute atomic E-state index is 0.242. The summed E-state index contributed by atoms with van der Waals surface area (Å²) in [5.41, 5.74) is 5.77. The van der Waals surface area contributed by atoms with E-state index in [2.05, 4.69) is 10.5 Å². The molecule has 0 spiro atoms. The van der Waals surface area contributed by atoms with E-state index in [0.717, 1.165) is 5.56 Å². The van der Waals surface area contributed by atoms with Crippen molar-refractivity contribution in [2.75, 3.05) is 6.54 Å². The van der Waals surface area contributed by atoms with E-state index in [9.17, 15) is 4.79 Å². The molecular weight excluding hydrogens is 182 g/mol. The summed E-state index contributed by atoms with van der Waals surface area (Å²) in [5, 5.41) is 6.28. The highest BCUT2D eigenvalue weighted by Crippen LogP contribution is 2.08. The number of carbonyl (C=O) groups is 1. The first-order valence-electron chi connectivity index (χ1n) is 4.40. The van der Waals surface area contributed by atoms with Crippen molar-refractivity contribution in [1.29, 1.82) is 0 Å². The van der Waals surface area contributed by atoms with Gasteiger partial charge in [0.05, 0.1) is 6.20 Å². The monoisotopic (exact) mass is 197 g/mol. The van der Waals surface area contributed by atoms with Gasteiger partial charge in [0.25, 0.3) is 5.91 Å². The Bertz CT molecular complexity index is 331. The molecule has 1 heterocycles. The van der Waals surface area contributed by atoms with Crippen molar-refractivity contribution in [2.24, 2.45) is 5.73 Å². The molecule has 5 heteroatoms. The number of hydrogen-bond donors (Lipinski definition) is 2. The minimum Gasteiger partial charge on any atom is -0.351 e. The second-order valence-electron chi connectivity index (χ2n) is 3.88. The maximum atomic E-state index is 11.6. The van der Waals surface area contributed by atoms with Crippen LogP contribution in [-0.2, 0) is 0 Å². The van der Waals surface area contributed by atoms with E-state index in [1.807, 2.05) is 13.8 Å². The van der Waals surface area contributed by atoms with Gasteiger partial charge in [0, 0.05) is 17.6 Å². The highest BCUT2D eigenvalue weighted by molar-refractivity contribution is 5.93. The van der Waals surface area contributed by atoms with Crippen LogP contribution in [0.15, 0.2) is 10.7 Å². The SMILES string of the molecule is Cc1cnoc1C(=O)NC(C)(C)CN. The molecule has 5 nitrogen and oxygen atoms in total. The lowest BCUT2D eigenvalue weighted by Crippen LogP contribution is -2.48. The lowest BCUT2D eigenvalue weighted by Gasteiger charge is -2.23. The van der Waals surface area contributed by atoms with Crippen molar-refractivity contribution < 1.29 is 9.32 Å². The number of aryl methyl sites for hydroxylation is 1. The average Bonchev–Trinajstić information content (AvgIpc) is 2.51. The first-order valence-corrected chi connectivity index (χ1v) is 4.40. The summed E-state index contributed by atoms with van der Waals surface area (Å²) in [7, 11) is 0. The van der Waals surface area contributed by atoms with Gasteiger partial charge in [-0.15, -0.1) is 0 Å². The van der Waals surface area contributed by atoms with Gasteiger partial charge in [0.1, 0.15) is 0 Å². The largest absolute Gasteiger partial charge is 0.351 e. The van der Waals surface area contributed by atoms with Crippen molar-refractivity contribution in [3.8, 4) is 0 Å². The molecule has 0 saturated heterocycles. The van der Waals surface area contributed by atoms with Gasteiger partial charge in [-0.05, 0) is 20.8 Å². The predicted molar refractivity (Wildman–Crippen MR) is 51.8 cm³/mol. The Hall–Kier alpha value is -1.36.